The van der Waals surface area contributed by atoms with Crippen LogP contribution in [-0.2, 0) is 0 Å². The highest BCUT2D eigenvalue weighted by molar-refractivity contribution is 6.07. The molecule has 1 aromatic heterocycles. The quantitative estimate of drug-likeness (QED) is 0.622. The molecule has 1 atom stereocenters. The summed E-state index contributed by atoms with van der Waals surface area (Å²) < 4.78 is 6.12. The van der Waals surface area contributed by atoms with Crippen LogP contribution in [-0.4, -0.2) is 5.71 Å². The molecule has 1 aliphatic rings. The zero-order chi connectivity index (χ0) is 14.4. The molecule has 102 valence electrons. The molecule has 1 unspecified atom stereocenters. The fraction of sp³-hybridized carbons (Fsp3) is 0.105. The second-order valence-corrected chi connectivity index (χ2v) is 5.32. The Hall–Kier alpha value is -2.61. The lowest BCUT2D eigenvalue weighted by Gasteiger charge is -2.10. The maximum absolute atomic E-state index is 6.12. The minimum atomic E-state index is 0.0160. The van der Waals surface area contributed by atoms with Crippen LogP contribution >= 0.6 is 0 Å². The van der Waals surface area contributed by atoms with Crippen LogP contribution in [0.5, 0.6) is 0 Å². The van der Waals surface area contributed by atoms with E-state index < -0.39 is 0 Å². The van der Waals surface area contributed by atoms with Gasteiger partial charge in [0, 0.05) is 22.0 Å². The van der Waals surface area contributed by atoms with Crippen LogP contribution in [0.1, 0.15) is 24.1 Å². The van der Waals surface area contributed by atoms with E-state index >= 15 is 0 Å². The number of aliphatic imine (C=N–C) groups is 1. The number of hydrogen-bond donors (Lipinski definition) is 0. The fourth-order valence-corrected chi connectivity index (χ4v) is 3.00. The van der Waals surface area contributed by atoms with E-state index in [9.17, 15) is 0 Å². The van der Waals surface area contributed by atoms with Gasteiger partial charge in [-0.05, 0) is 30.7 Å². The smallest absolute Gasteiger partial charge is 0.141 e. The van der Waals surface area contributed by atoms with Gasteiger partial charge in [-0.3, -0.25) is 4.99 Å². The van der Waals surface area contributed by atoms with E-state index in [1.165, 1.54) is 0 Å². The Morgan fingerprint density at radius 1 is 1.14 bits per heavy atom. The molecule has 21 heavy (non-hydrogen) atoms. The molecule has 2 heteroatoms. The normalized spacial score (nSPS) is 17.6. The van der Waals surface area contributed by atoms with E-state index in [4.69, 9.17) is 4.42 Å². The number of benzene rings is 2. The third-order valence-electron chi connectivity index (χ3n) is 4.00. The van der Waals surface area contributed by atoms with Crippen LogP contribution in [0.25, 0.3) is 28.0 Å². The van der Waals surface area contributed by atoms with Gasteiger partial charge in [0.05, 0.1) is 6.04 Å². The molecule has 0 fully saturated rings. The van der Waals surface area contributed by atoms with Crippen molar-refractivity contribution in [2.45, 2.75) is 13.0 Å². The summed E-state index contributed by atoms with van der Waals surface area (Å²) in [7, 11) is 0. The molecular formula is C19H15NO. The molecule has 3 aromatic rings. The van der Waals surface area contributed by atoms with Crippen molar-refractivity contribution in [3.05, 3.63) is 66.3 Å². The van der Waals surface area contributed by atoms with Crippen LogP contribution in [0, 0.1) is 0 Å². The van der Waals surface area contributed by atoms with Crippen molar-refractivity contribution in [1.29, 1.82) is 0 Å². The highest BCUT2D eigenvalue weighted by atomic mass is 16.3. The van der Waals surface area contributed by atoms with Gasteiger partial charge >= 0.3 is 0 Å². The monoisotopic (exact) mass is 273 g/mol. The Balaban J connectivity index is 2.11. The summed E-state index contributed by atoms with van der Waals surface area (Å²) in [5, 5.41) is 2.28. The summed E-state index contributed by atoms with van der Waals surface area (Å²) in [6, 6.07) is 12.4. The Bertz CT molecular complexity index is 927. The van der Waals surface area contributed by atoms with E-state index in [-0.39, 0.29) is 6.04 Å². The van der Waals surface area contributed by atoms with Crippen molar-refractivity contribution in [2.75, 3.05) is 0 Å². The Morgan fingerprint density at radius 3 is 2.76 bits per heavy atom. The van der Waals surface area contributed by atoms with E-state index in [1.54, 1.807) is 0 Å². The second kappa shape index (κ2) is 4.45. The first-order chi connectivity index (χ1) is 10.3. The van der Waals surface area contributed by atoms with Crippen molar-refractivity contribution in [3.8, 4) is 0 Å². The van der Waals surface area contributed by atoms with Crippen molar-refractivity contribution >= 4 is 33.7 Å². The first kappa shape index (κ1) is 12.2. The van der Waals surface area contributed by atoms with Gasteiger partial charge in [0.15, 0.2) is 0 Å². The largest absolute Gasteiger partial charge is 0.456 e. The average Bonchev–Trinajstić information content (AvgIpc) is 3.09. The number of fused-ring (bicyclic) bond motifs is 3. The van der Waals surface area contributed by atoms with Crippen molar-refractivity contribution in [1.82, 2.24) is 0 Å². The predicted molar refractivity (Wildman–Crippen MR) is 88.8 cm³/mol. The van der Waals surface area contributed by atoms with E-state index in [2.05, 4.69) is 41.9 Å². The molecule has 2 heterocycles. The highest BCUT2D eigenvalue weighted by Gasteiger charge is 2.21. The van der Waals surface area contributed by atoms with Crippen molar-refractivity contribution in [3.63, 3.8) is 0 Å². The number of hydrogen-bond acceptors (Lipinski definition) is 2. The number of nitrogens with zero attached hydrogens (tertiary/aromatic N) is 1. The lowest BCUT2D eigenvalue weighted by molar-refractivity contribution is 0.659. The van der Waals surface area contributed by atoms with Crippen molar-refractivity contribution < 1.29 is 4.42 Å². The fourth-order valence-electron chi connectivity index (χ4n) is 3.00. The predicted octanol–water partition coefficient (Wildman–Crippen LogP) is 5.30. The summed E-state index contributed by atoms with van der Waals surface area (Å²) in [5.41, 5.74) is 5.06. The van der Waals surface area contributed by atoms with E-state index in [1.807, 2.05) is 31.2 Å². The second-order valence-electron chi connectivity index (χ2n) is 5.32. The number of allylic oxidation sites excluding steroid dienone is 1. The Morgan fingerprint density at radius 2 is 2.00 bits per heavy atom. The highest BCUT2D eigenvalue weighted by Crippen LogP contribution is 2.38. The van der Waals surface area contributed by atoms with Gasteiger partial charge < -0.3 is 4.42 Å². The average molecular weight is 273 g/mol. The standard InChI is InChI=1S/C19H15NO/c1-3-13-9-10-15-14-6-4-5-7-17(14)21-19(15)18(13)16-11-8-12(2)20-16/h3-11,16H,1H2,2H3. The molecule has 0 saturated carbocycles. The topological polar surface area (TPSA) is 25.5 Å². The van der Waals surface area contributed by atoms with Crippen LogP contribution in [0.3, 0.4) is 0 Å². The first-order valence-electron chi connectivity index (χ1n) is 7.07. The third kappa shape index (κ3) is 1.76. The van der Waals surface area contributed by atoms with Gasteiger partial charge in [-0.15, -0.1) is 0 Å². The molecule has 0 bridgehead atoms. The van der Waals surface area contributed by atoms with Crippen LogP contribution in [0.15, 0.2) is 64.5 Å². The summed E-state index contributed by atoms with van der Waals surface area (Å²) in [6.07, 6.45) is 6.04. The minimum absolute atomic E-state index is 0.0160. The minimum Gasteiger partial charge on any atom is -0.456 e. The van der Waals surface area contributed by atoms with Crippen LogP contribution in [0.4, 0.5) is 0 Å². The summed E-state index contributed by atoms with van der Waals surface area (Å²) in [5.74, 6) is 0. The first-order valence-corrected chi connectivity index (χ1v) is 7.07. The maximum Gasteiger partial charge on any atom is 0.141 e. The Kier molecular flexibility index (Phi) is 2.58. The van der Waals surface area contributed by atoms with Gasteiger partial charge in [0.1, 0.15) is 11.2 Å². The molecule has 0 radical (unpaired) electrons. The van der Waals surface area contributed by atoms with Gasteiger partial charge in [-0.1, -0.05) is 43.0 Å². The molecule has 2 aromatic carbocycles. The molecule has 0 amide bonds. The van der Waals surface area contributed by atoms with Gasteiger partial charge in [0.2, 0.25) is 0 Å². The third-order valence-corrected chi connectivity index (χ3v) is 4.00. The zero-order valence-corrected chi connectivity index (χ0v) is 11.8. The maximum atomic E-state index is 6.12. The molecule has 0 saturated heterocycles. The molecular weight excluding hydrogens is 258 g/mol. The molecule has 1 aliphatic heterocycles. The zero-order valence-electron chi connectivity index (χ0n) is 11.8. The number of para-hydroxylation sites is 1. The molecule has 0 N–H and O–H groups in total. The van der Waals surface area contributed by atoms with Crippen molar-refractivity contribution in [2.24, 2.45) is 4.99 Å². The van der Waals surface area contributed by atoms with Gasteiger partial charge in [-0.25, -0.2) is 0 Å². The lowest BCUT2D eigenvalue weighted by Crippen LogP contribution is -1.94. The van der Waals surface area contributed by atoms with Crippen LogP contribution in [0.2, 0.25) is 0 Å². The summed E-state index contributed by atoms with van der Waals surface area (Å²) >= 11 is 0. The molecule has 2 nitrogen and oxygen atoms in total. The Labute approximate surface area is 123 Å². The van der Waals surface area contributed by atoms with Gasteiger partial charge in [0.25, 0.3) is 0 Å². The lowest BCUT2D eigenvalue weighted by atomic mass is 9.97. The number of rotatable bonds is 2. The molecule has 4 rings (SSSR count). The summed E-state index contributed by atoms with van der Waals surface area (Å²) in [6.45, 7) is 5.95. The van der Waals surface area contributed by atoms with Crippen LogP contribution < -0.4 is 0 Å². The SMILES string of the molecule is C=Cc1ccc2c(oc3ccccc32)c1C1C=CC(C)=N1. The summed E-state index contributed by atoms with van der Waals surface area (Å²) in [4.78, 5) is 4.69. The van der Waals surface area contributed by atoms with Gasteiger partial charge in [-0.2, -0.15) is 0 Å². The molecule has 0 aliphatic carbocycles. The van der Waals surface area contributed by atoms with E-state index in [0.717, 1.165) is 38.8 Å². The molecule has 0 spiro atoms. The number of furan rings is 1. The van der Waals surface area contributed by atoms with E-state index in [0.29, 0.717) is 0 Å².